The maximum absolute atomic E-state index is 12.7. The molecule has 1 aromatic rings. The van der Waals surface area contributed by atoms with Gasteiger partial charge in [-0.05, 0) is 31.9 Å². The van der Waals surface area contributed by atoms with Crippen molar-refractivity contribution in [1.82, 2.24) is 9.88 Å². The Balaban J connectivity index is 2.90. The summed E-state index contributed by atoms with van der Waals surface area (Å²) in [5.74, 6) is -0.0861. The van der Waals surface area contributed by atoms with Gasteiger partial charge in [-0.2, -0.15) is 5.26 Å². The lowest BCUT2D eigenvalue weighted by atomic mass is 9.79. The number of nitrogens with zero attached hydrogens (tertiary/aromatic N) is 3. The lowest BCUT2D eigenvalue weighted by Crippen LogP contribution is -2.41. The highest BCUT2D eigenvalue weighted by atomic mass is 16.2. The molecule has 1 rings (SSSR count). The van der Waals surface area contributed by atoms with Gasteiger partial charge < -0.3 is 4.90 Å². The number of carbonyl (C=O) groups excluding carboxylic acids is 1. The summed E-state index contributed by atoms with van der Waals surface area (Å²) in [6.07, 6.45) is 2.88. The van der Waals surface area contributed by atoms with E-state index >= 15 is 0 Å². The van der Waals surface area contributed by atoms with Crippen LogP contribution in [0.15, 0.2) is 18.2 Å². The second-order valence-electron chi connectivity index (χ2n) is 5.63. The van der Waals surface area contributed by atoms with Crippen LogP contribution in [0.25, 0.3) is 0 Å². The molecule has 0 spiro atoms. The maximum atomic E-state index is 12.7. The van der Waals surface area contributed by atoms with Crippen LogP contribution >= 0.6 is 0 Å². The van der Waals surface area contributed by atoms with Crippen LogP contribution in [0.1, 0.15) is 50.9 Å². The summed E-state index contributed by atoms with van der Waals surface area (Å²) in [6.45, 7) is 6.39. The van der Waals surface area contributed by atoms with Gasteiger partial charge in [-0.3, -0.25) is 9.78 Å². The molecule has 0 radical (unpaired) electrons. The van der Waals surface area contributed by atoms with Gasteiger partial charge in [0.05, 0.1) is 18.3 Å². The largest absolute Gasteiger partial charge is 0.338 e. The van der Waals surface area contributed by atoms with Crippen LogP contribution in [-0.4, -0.2) is 22.8 Å². The second kappa shape index (κ2) is 7.78. The lowest BCUT2D eigenvalue weighted by Gasteiger charge is -2.29. The predicted molar refractivity (Wildman–Crippen MR) is 83.3 cm³/mol. The summed E-state index contributed by atoms with van der Waals surface area (Å²) in [7, 11) is 1.75. The molecule has 0 bridgehead atoms. The van der Waals surface area contributed by atoms with Crippen molar-refractivity contribution in [2.24, 2.45) is 5.41 Å². The third kappa shape index (κ3) is 4.29. The molecule has 0 atom stereocenters. The van der Waals surface area contributed by atoms with E-state index in [9.17, 15) is 10.1 Å². The summed E-state index contributed by atoms with van der Waals surface area (Å²) >= 11 is 0. The molecule has 1 heterocycles. The predicted octanol–water partition coefficient (Wildman–Crippen LogP) is 3.46. The van der Waals surface area contributed by atoms with Crippen LogP contribution in [0.2, 0.25) is 0 Å². The first-order valence-electron chi connectivity index (χ1n) is 7.58. The van der Waals surface area contributed by atoms with Crippen molar-refractivity contribution < 1.29 is 4.79 Å². The van der Waals surface area contributed by atoms with Gasteiger partial charge in [-0.1, -0.05) is 32.8 Å². The summed E-state index contributed by atoms with van der Waals surface area (Å²) < 4.78 is 0. The topological polar surface area (TPSA) is 57.0 Å². The Morgan fingerprint density at radius 2 is 1.95 bits per heavy atom. The van der Waals surface area contributed by atoms with E-state index in [-0.39, 0.29) is 5.91 Å². The Kier molecular flexibility index (Phi) is 6.36. The SMILES string of the molecule is CCCC(C#N)(CCC)C(=O)N(C)Cc1cccc(C)n1. The Bertz CT molecular complexity index is 513. The van der Waals surface area contributed by atoms with E-state index in [1.165, 1.54) is 0 Å². The molecule has 4 nitrogen and oxygen atoms in total. The van der Waals surface area contributed by atoms with Crippen molar-refractivity contribution >= 4 is 5.91 Å². The molecule has 4 heteroatoms. The Morgan fingerprint density at radius 1 is 1.33 bits per heavy atom. The molecule has 0 saturated carbocycles. The molecule has 0 fully saturated rings. The first-order valence-corrected chi connectivity index (χ1v) is 7.58. The third-order valence-electron chi connectivity index (χ3n) is 3.67. The van der Waals surface area contributed by atoms with Gasteiger partial charge in [0, 0.05) is 12.7 Å². The summed E-state index contributed by atoms with van der Waals surface area (Å²) in [4.78, 5) is 18.8. The Hall–Kier alpha value is -1.89. The fourth-order valence-corrected chi connectivity index (χ4v) is 2.72. The normalized spacial score (nSPS) is 11.0. The first-order chi connectivity index (χ1) is 9.99. The van der Waals surface area contributed by atoms with E-state index in [0.717, 1.165) is 24.2 Å². The van der Waals surface area contributed by atoms with Crippen LogP contribution in [0.4, 0.5) is 0 Å². The molecule has 1 aromatic heterocycles. The number of pyridine rings is 1. The van der Waals surface area contributed by atoms with E-state index in [0.29, 0.717) is 19.4 Å². The van der Waals surface area contributed by atoms with Gasteiger partial charge in [0.2, 0.25) is 5.91 Å². The summed E-state index contributed by atoms with van der Waals surface area (Å²) in [5, 5.41) is 9.56. The van der Waals surface area contributed by atoms with Crippen molar-refractivity contribution in [1.29, 1.82) is 5.26 Å². The molecule has 114 valence electrons. The summed E-state index contributed by atoms with van der Waals surface area (Å²) in [6, 6.07) is 8.06. The second-order valence-corrected chi connectivity index (χ2v) is 5.63. The van der Waals surface area contributed by atoms with Crippen molar-refractivity contribution in [3.05, 3.63) is 29.6 Å². The molecule has 0 N–H and O–H groups in total. The number of hydrogen-bond donors (Lipinski definition) is 0. The van der Waals surface area contributed by atoms with Crippen molar-refractivity contribution in [2.75, 3.05) is 7.05 Å². The Labute approximate surface area is 127 Å². The molecule has 0 saturated heterocycles. The van der Waals surface area contributed by atoms with Crippen LogP contribution in [-0.2, 0) is 11.3 Å². The number of amides is 1. The molecule has 21 heavy (non-hydrogen) atoms. The van der Waals surface area contributed by atoms with Gasteiger partial charge in [0.25, 0.3) is 0 Å². The zero-order chi connectivity index (χ0) is 15.9. The average molecular weight is 287 g/mol. The van der Waals surface area contributed by atoms with Gasteiger partial charge in [0.15, 0.2) is 0 Å². The lowest BCUT2D eigenvalue weighted by molar-refractivity contribution is -0.139. The highest BCUT2D eigenvalue weighted by molar-refractivity contribution is 5.85. The van der Waals surface area contributed by atoms with Crippen molar-refractivity contribution in [2.45, 2.75) is 53.0 Å². The van der Waals surface area contributed by atoms with E-state index in [4.69, 9.17) is 0 Å². The van der Waals surface area contributed by atoms with Crippen molar-refractivity contribution in [3.8, 4) is 6.07 Å². The van der Waals surface area contributed by atoms with Crippen LogP contribution < -0.4 is 0 Å². The number of rotatable bonds is 7. The fourth-order valence-electron chi connectivity index (χ4n) is 2.72. The third-order valence-corrected chi connectivity index (χ3v) is 3.67. The van der Waals surface area contributed by atoms with Crippen LogP contribution in [0, 0.1) is 23.7 Å². The molecule has 0 aliphatic heterocycles. The quantitative estimate of drug-likeness (QED) is 0.771. The number of aryl methyl sites for hydroxylation is 1. The molecular weight excluding hydrogens is 262 g/mol. The molecule has 0 aliphatic carbocycles. The van der Waals surface area contributed by atoms with Crippen LogP contribution in [0.3, 0.4) is 0 Å². The minimum atomic E-state index is -0.887. The molecule has 0 aromatic carbocycles. The van der Waals surface area contributed by atoms with Gasteiger partial charge >= 0.3 is 0 Å². The fraction of sp³-hybridized carbons (Fsp3) is 0.588. The average Bonchev–Trinajstić information content (AvgIpc) is 2.46. The highest BCUT2D eigenvalue weighted by Crippen LogP contribution is 2.31. The number of carbonyl (C=O) groups is 1. The number of aromatic nitrogens is 1. The minimum Gasteiger partial charge on any atom is -0.338 e. The Morgan fingerprint density at radius 3 is 2.43 bits per heavy atom. The highest BCUT2D eigenvalue weighted by Gasteiger charge is 2.39. The molecular formula is C17H25N3O. The molecule has 0 aliphatic rings. The van der Waals surface area contributed by atoms with Crippen molar-refractivity contribution in [3.63, 3.8) is 0 Å². The summed E-state index contributed by atoms with van der Waals surface area (Å²) in [5.41, 5.74) is 0.898. The zero-order valence-corrected chi connectivity index (χ0v) is 13.5. The minimum absolute atomic E-state index is 0.0861. The smallest absolute Gasteiger partial charge is 0.243 e. The van der Waals surface area contributed by atoms with Crippen LogP contribution in [0.5, 0.6) is 0 Å². The number of nitriles is 1. The monoisotopic (exact) mass is 287 g/mol. The van der Waals surface area contributed by atoms with E-state index < -0.39 is 5.41 Å². The van der Waals surface area contributed by atoms with Gasteiger partial charge in [-0.25, -0.2) is 0 Å². The van der Waals surface area contributed by atoms with E-state index in [1.807, 2.05) is 39.0 Å². The van der Waals surface area contributed by atoms with Gasteiger partial charge in [-0.15, -0.1) is 0 Å². The first kappa shape index (κ1) is 17.2. The maximum Gasteiger partial charge on any atom is 0.243 e. The number of hydrogen-bond acceptors (Lipinski definition) is 3. The van der Waals surface area contributed by atoms with Gasteiger partial charge in [0.1, 0.15) is 5.41 Å². The molecule has 0 unspecified atom stereocenters. The van der Waals surface area contributed by atoms with E-state index in [1.54, 1.807) is 11.9 Å². The standard InChI is InChI=1S/C17H25N3O/c1-5-10-17(13-18,11-6-2)16(21)20(4)12-15-9-7-8-14(3)19-15/h7-9H,5-6,10-12H2,1-4H3. The molecule has 1 amide bonds. The van der Waals surface area contributed by atoms with E-state index in [2.05, 4.69) is 11.1 Å². The zero-order valence-electron chi connectivity index (χ0n) is 13.5.